The summed E-state index contributed by atoms with van der Waals surface area (Å²) in [7, 11) is 0. The summed E-state index contributed by atoms with van der Waals surface area (Å²) in [6.07, 6.45) is 2.88. The monoisotopic (exact) mass is 494 g/mol. The van der Waals surface area contributed by atoms with E-state index in [4.69, 9.17) is 11.6 Å². The highest BCUT2D eigenvalue weighted by molar-refractivity contribution is 6.31. The third-order valence-corrected chi connectivity index (χ3v) is 6.30. The Hall–Kier alpha value is -3.18. The number of carbonyl (C=O) groups is 2. The Bertz CT molecular complexity index is 1090. The Morgan fingerprint density at radius 1 is 0.943 bits per heavy atom. The molecule has 6 heteroatoms. The highest BCUT2D eigenvalue weighted by atomic mass is 35.5. The number of amides is 2. The molecule has 184 valence electrons. The summed E-state index contributed by atoms with van der Waals surface area (Å²) in [4.78, 5) is 28.6. The van der Waals surface area contributed by atoms with Gasteiger partial charge in [-0.05, 0) is 47.7 Å². The van der Waals surface area contributed by atoms with Gasteiger partial charge in [-0.2, -0.15) is 0 Å². The van der Waals surface area contributed by atoms with E-state index < -0.39 is 6.04 Å². The molecule has 0 aromatic heterocycles. The Morgan fingerprint density at radius 2 is 1.63 bits per heavy atom. The van der Waals surface area contributed by atoms with Crippen LogP contribution in [0, 0.1) is 5.82 Å². The molecule has 1 N–H and O–H groups in total. The summed E-state index contributed by atoms with van der Waals surface area (Å²) in [6, 6.07) is 22.5. The first-order valence-corrected chi connectivity index (χ1v) is 12.4. The zero-order valence-electron chi connectivity index (χ0n) is 20.1. The smallest absolute Gasteiger partial charge is 0.243 e. The number of nitrogens with zero attached hydrogens (tertiary/aromatic N) is 1. The first-order valence-electron chi connectivity index (χ1n) is 12.1. The molecule has 0 heterocycles. The minimum atomic E-state index is -0.696. The van der Waals surface area contributed by atoms with Crippen LogP contribution < -0.4 is 5.32 Å². The summed E-state index contributed by atoms with van der Waals surface area (Å²) in [5.41, 5.74) is 2.61. The molecule has 35 heavy (non-hydrogen) atoms. The van der Waals surface area contributed by atoms with E-state index in [-0.39, 0.29) is 30.6 Å². The molecule has 0 fully saturated rings. The van der Waals surface area contributed by atoms with Crippen molar-refractivity contribution in [2.24, 2.45) is 0 Å². The highest BCUT2D eigenvalue weighted by Crippen LogP contribution is 2.20. The third kappa shape index (κ3) is 8.22. The van der Waals surface area contributed by atoms with Crippen molar-refractivity contribution in [2.45, 2.75) is 51.6 Å². The normalized spacial score (nSPS) is 11.6. The zero-order valence-corrected chi connectivity index (χ0v) is 20.8. The van der Waals surface area contributed by atoms with Gasteiger partial charge < -0.3 is 10.2 Å². The van der Waals surface area contributed by atoms with Gasteiger partial charge in [0.2, 0.25) is 11.8 Å². The quantitative estimate of drug-likeness (QED) is 0.315. The lowest BCUT2D eigenvalue weighted by Gasteiger charge is -2.31. The van der Waals surface area contributed by atoms with Gasteiger partial charge >= 0.3 is 0 Å². The van der Waals surface area contributed by atoms with Crippen LogP contribution in [0.1, 0.15) is 42.9 Å². The van der Waals surface area contributed by atoms with Crippen molar-refractivity contribution >= 4 is 23.4 Å². The summed E-state index contributed by atoms with van der Waals surface area (Å²) < 4.78 is 13.5. The Balaban J connectivity index is 1.88. The molecule has 3 aromatic carbocycles. The van der Waals surface area contributed by atoms with E-state index in [9.17, 15) is 14.0 Å². The number of carbonyl (C=O) groups excluding carboxylic acids is 2. The van der Waals surface area contributed by atoms with Crippen LogP contribution in [-0.4, -0.2) is 29.3 Å². The number of benzene rings is 3. The van der Waals surface area contributed by atoms with E-state index in [0.717, 1.165) is 29.5 Å². The molecular weight excluding hydrogens is 463 g/mol. The Labute approximate surface area is 212 Å². The van der Waals surface area contributed by atoms with E-state index in [2.05, 4.69) is 12.2 Å². The number of nitrogens with one attached hydrogen (secondary N) is 1. The number of aryl methyl sites for hydroxylation is 1. The molecule has 1 atom stereocenters. The van der Waals surface area contributed by atoms with Gasteiger partial charge in [0.05, 0.1) is 0 Å². The van der Waals surface area contributed by atoms with Crippen molar-refractivity contribution in [1.29, 1.82) is 0 Å². The average molecular weight is 495 g/mol. The Morgan fingerprint density at radius 3 is 2.31 bits per heavy atom. The lowest BCUT2D eigenvalue weighted by molar-refractivity contribution is -0.141. The number of halogens is 2. The molecule has 0 radical (unpaired) electrons. The number of rotatable bonds is 12. The molecule has 2 amide bonds. The molecule has 0 aliphatic carbocycles. The zero-order chi connectivity index (χ0) is 25.0. The second kappa shape index (κ2) is 13.6. The molecular formula is C29H32ClFN2O2. The molecule has 0 spiro atoms. The third-order valence-electron chi connectivity index (χ3n) is 5.93. The summed E-state index contributed by atoms with van der Waals surface area (Å²) in [5.74, 6) is -0.681. The number of hydrogen-bond acceptors (Lipinski definition) is 2. The fraction of sp³-hybridized carbons (Fsp3) is 0.310. The van der Waals surface area contributed by atoms with E-state index in [0.29, 0.717) is 24.4 Å². The van der Waals surface area contributed by atoms with E-state index in [1.165, 1.54) is 12.1 Å². The predicted octanol–water partition coefficient (Wildman–Crippen LogP) is 5.97. The standard InChI is InChI=1S/C29H32ClFN2O2/c1-2-3-19-32-29(35)27(20-22-9-5-4-6-10-22)33(21-23-13-16-25(31)17-14-23)28(34)18-15-24-11-7-8-12-26(24)30/h4-14,16-17,27H,2-3,15,18-21H2,1H3,(H,32,35)/t27-/m0/s1. The van der Waals surface area contributed by atoms with Gasteiger partial charge in [-0.1, -0.05) is 85.6 Å². The fourth-order valence-corrected chi connectivity index (χ4v) is 4.16. The van der Waals surface area contributed by atoms with Gasteiger partial charge in [0.15, 0.2) is 0 Å². The highest BCUT2D eigenvalue weighted by Gasteiger charge is 2.30. The van der Waals surface area contributed by atoms with Crippen LogP contribution in [0.5, 0.6) is 0 Å². The minimum absolute atomic E-state index is 0.152. The maximum Gasteiger partial charge on any atom is 0.243 e. The summed E-state index contributed by atoms with van der Waals surface area (Å²) >= 11 is 6.30. The maximum atomic E-state index is 13.6. The molecule has 0 aliphatic heterocycles. The van der Waals surface area contributed by atoms with Crippen molar-refractivity contribution in [1.82, 2.24) is 10.2 Å². The molecule has 0 bridgehead atoms. The lowest BCUT2D eigenvalue weighted by Crippen LogP contribution is -2.50. The van der Waals surface area contributed by atoms with E-state index in [1.54, 1.807) is 23.1 Å². The van der Waals surface area contributed by atoms with Gasteiger partial charge in [0.1, 0.15) is 11.9 Å². The topological polar surface area (TPSA) is 49.4 Å². The largest absolute Gasteiger partial charge is 0.354 e. The van der Waals surface area contributed by atoms with Crippen LogP contribution >= 0.6 is 11.6 Å². The molecule has 4 nitrogen and oxygen atoms in total. The second-order valence-electron chi connectivity index (χ2n) is 8.59. The second-order valence-corrected chi connectivity index (χ2v) is 9.00. The minimum Gasteiger partial charge on any atom is -0.354 e. The van der Waals surface area contributed by atoms with Crippen molar-refractivity contribution in [3.05, 3.63) is 106 Å². The lowest BCUT2D eigenvalue weighted by atomic mass is 10.0. The maximum absolute atomic E-state index is 13.6. The predicted molar refractivity (Wildman–Crippen MR) is 139 cm³/mol. The molecule has 0 aliphatic rings. The van der Waals surface area contributed by atoms with Crippen LogP contribution in [0.2, 0.25) is 5.02 Å². The van der Waals surface area contributed by atoms with Gasteiger partial charge in [-0.3, -0.25) is 9.59 Å². The van der Waals surface area contributed by atoms with Gasteiger partial charge in [-0.25, -0.2) is 4.39 Å². The molecule has 0 saturated heterocycles. The first-order chi connectivity index (χ1) is 17.0. The van der Waals surface area contributed by atoms with Crippen LogP contribution in [0.15, 0.2) is 78.9 Å². The van der Waals surface area contributed by atoms with Gasteiger partial charge in [0.25, 0.3) is 0 Å². The van der Waals surface area contributed by atoms with Gasteiger partial charge in [0, 0.05) is 31.0 Å². The molecule has 3 aromatic rings. The SMILES string of the molecule is CCCCNC(=O)[C@H](Cc1ccccc1)N(Cc1ccc(F)cc1)C(=O)CCc1ccccc1Cl. The molecule has 0 saturated carbocycles. The average Bonchev–Trinajstić information content (AvgIpc) is 2.87. The number of unbranched alkanes of at least 4 members (excludes halogenated alkanes) is 1. The van der Waals surface area contributed by atoms with Crippen LogP contribution in [0.3, 0.4) is 0 Å². The van der Waals surface area contributed by atoms with E-state index >= 15 is 0 Å². The van der Waals surface area contributed by atoms with Crippen LogP contribution in [0.4, 0.5) is 4.39 Å². The first kappa shape index (κ1) is 26.4. The molecule has 0 unspecified atom stereocenters. The van der Waals surface area contributed by atoms with Crippen molar-refractivity contribution in [2.75, 3.05) is 6.54 Å². The fourth-order valence-electron chi connectivity index (χ4n) is 3.93. The van der Waals surface area contributed by atoms with Crippen molar-refractivity contribution < 1.29 is 14.0 Å². The summed E-state index contributed by atoms with van der Waals surface area (Å²) in [6.45, 7) is 2.83. The van der Waals surface area contributed by atoms with Gasteiger partial charge in [-0.15, -0.1) is 0 Å². The molecule has 3 rings (SSSR count). The Kier molecular flexibility index (Phi) is 10.3. The van der Waals surface area contributed by atoms with E-state index in [1.807, 2.05) is 48.5 Å². The van der Waals surface area contributed by atoms with Crippen LogP contribution in [0.25, 0.3) is 0 Å². The van der Waals surface area contributed by atoms with Crippen molar-refractivity contribution in [3.8, 4) is 0 Å². The van der Waals surface area contributed by atoms with Crippen LogP contribution in [-0.2, 0) is 29.0 Å². The number of hydrogen-bond donors (Lipinski definition) is 1. The van der Waals surface area contributed by atoms with Crippen molar-refractivity contribution in [3.63, 3.8) is 0 Å². The summed E-state index contributed by atoms with van der Waals surface area (Å²) in [5, 5.41) is 3.62.